The van der Waals surface area contributed by atoms with Crippen molar-refractivity contribution in [2.75, 3.05) is 32.8 Å². The van der Waals surface area contributed by atoms with Crippen molar-refractivity contribution in [1.82, 2.24) is 24.4 Å². The number of furan rings is 1. The maximum absolute atomic E-state index is 12.2. The van der Waals surface area contributed by atoms with E-state index in [2.05, 4.69) is 15.0 Å². The van der Waals surface area contributed by atoms with E-state index in [9.17, 15) is 9.90 Å². The zero-order valence-corrected chi connectivity index (χ0v) is 20.5. The number of amides is 1. The number of piperazine rings is 1. The van der Waals surface area contributed by atoms with Crippen LogP contribution in [0, 0.1) is 0 Å². The second-order valence-electron chi connectivity index (χ2n) is 7.69. The third-order valence-corrected chi connectivity index (χ3v) is 7.29. The fourth-order valence-corrected chi connectivity index (χ4v) is 5.66. The molecule has 0 aliphatic carbocycles. The maximum Gasteiger partial charge on any atom is 0.409 e. The number of halogens is 2. The summed E-state index contributed by atoms with van der Waals surface area (Å²) in [6, 6.07) is 8.45. The number of hydrogen-bond donors (Lipinski definition) is 1. The van der Waals surface area contributed by atoms with E-state index in [1.165, 1.54) is 15.9 Å². The monoisotopic (exact) mass is 521 g/mol. The Balaban J connectivity index is 1.51. The van der Waals surface area contributed by atoms with Gasteiger partial charge in [0.25, 0.3) is 0 Å². The second-order valence-corrected chi connectivity index (χ2v) is 9.54. The van der Waals surface area contributed by atoms with E-state index in [0.717, 1.165) is 5.56 Å². The van der Waals surface area contributed by atoms with E-state index >= 15 is 0 Å². The molecule has 12 heteroatoms. The van der Waals surface area contributed by atoms with Crippen molar-refractivity contribution < 1.29 is 19.1 Å². The molecular weight excluding hydrogens is 501 g/mol. The minimum atomic E-state index is -0.380. The fourth-order valence-electron chi connectivity index (χ4n) is 4.04. The lowest BCUT2D eigenvalue weighted by Crippen LogP contribution is -2.50. The summed E-state index contributed by atoms with van der Waals surface area (Å²) in [5.41, 5.74) is 0.793. The average Bonchev–Trinajstić information content (AvgIpc) is 3.55. The summed E-state index contributed by atoms with van der Waals surface area (Å²) in [7, 11) is 0. The van der Waals surface area contributed by atoms with Gasteiger partial charge in [0.2, 0.25) is 16.7 Å². The smallest absolute Gasteiger partial charge is 0.409 e. The standard InChI is InChI=1S/C22H21Cl2N5O4S/c1-2-32-22(31)28-9-7-27(8-10-28)17(14-6-5-13(23)12-15(14)24)18-20(30)29-21(34-18)25-19(26-29)16-4-3-11-33-16/h3-6,11-12,17,30H,2,7-10H2,1H3. The zero-order chi connectivity index (χ0) is 23.8. The Morgan fingerprint density at radius 1 is 1.26 bits per heavy atom. The molecule has 0 radical (unpaired) electrons. The summed E-state index contributed by atoms with van der Waals surface area (Å²) in [6.07, 6.45) is 1.22. The van der Waals surface area contributed by atoms with Crippen LogP contribution >= 0.6 is 34.5 Å². The molecule has 1 aromatic carbocycles. The predicted octanol–water partition coefficient (Wildman–Crippen LogP) is 4.93. The van der Waals surface area contributed by atoms with Gasteiger partial charge in [-0.2, -0.15) is 9.50 Å². The third kappa shape index (κ3) is 4.22. The van der Waals surface area contributed by atoms with Gasteiger partial charge in [-0.05, 0) is 36.8 Å². The number of rotatable bonds is 5. The highest BCUT2D eigenvalue weighted by atomic mass is 35.5. The van der Waals surface area contributed by atoms with Crippen molar-refractivity contribution in [3.8, 4) is 17.5 Å². The Morgan fingerprint density at radius 2 is 2.06 bits per heavy atom. The molecule has 1 amide bonds. The highest BCUT2D eigenvalue weighted by Crippen LogP contribution is 2.43. The highest BCUT2D eigenvalue weighted by Gasteiger charge is 2.34. The SMILES string of the molecule is CCOC(=O)N1CCN(C(c2ccc(Cl)cc2Cl)c2sc3nc(-c4ccco4)nn3c2O)CC1. The predicted molar refractivity (Wildman–Crippen MR) is 129 cm³/mol. The molecule has 1 saturated heterocycles. The van der Waals surface area contributed by atoms with Crippen LogP contribution in [0.5, 0.6) is 5.88 Å². The van der Waals surface area contributed by atoms with E-state index in [-0.39, 0.29) is 18.0 Å². The number of aromatic hydroxyl groups is 1. The van der Waals surface area contributed by atoms with Crippen LogP contribution in [0.15, 0.2) is 41.0 Å². The number of thiazole rings is 1. The zero-order valence-electron chi connectivity index (χ0n) is 18.1. The van der Waals surface area contributed by atoms with Crippen LogP contribution in [0.3, 0.4) is 0 Å². The molecule has 9 nitrogen and oxygen atoms in total. The number of ether oxygens (including phenoxy) is 1. The molecule has 0 bridgehead atoms. The molecule has 4 heterocycles. The largest absolute Gasteiger partial charge is 0.492 e. The minimum absolute atomic E-state index is 0.0193. The molecule has 1 unspecified atom stereocenters. The molecule has 5 rings (SSSR count). The normalized spacial score (nSPS) is 15.7. The van der Waals surface area contributed by atoms with E-state index in [0.29, 0.717) is 64.3 Å². The van der Waals surface area contributed by atoms with Crippen molar-refractivity contribution >= 4 is 45.6 Å². The van der Waals surface area contributed by atoms with Gasteiger partial charge in [-0.1, -0.05) is 40.6 Å². The van der Waals surface area contributed by atoms with Gasteiger partial charge in [-0.15, -0.1) is 5.10 Å². The molecule has 1 N–H and O–H groups in total. The Labute approximate surface area is 209 Å². The maximum atomic E-state index is 12.2. The Hall–Kier alpha value is -2.79. The Morgan fingerprint density at radius 3 is 2.71 bits per heavy atom. The lowest BCUT2D eigenvalue weighted by Gasteiger charge is -2.38. The molecule has 1 aliphatic heterocycles. The topological polar surface area (TPSA) is 96.3 Å². The van der Waals surface area contributed by atoms with Gasteiger partial charge in [0.15, 0.2) is 5.76 Å². The number of carbonyl (C=O) groups excluding carboxylic acids is 1. The Bertz CT molecular complexity index is 1310. The molecule has 1 fully saturated rings. The van der Waals surface area contributed by atoms with Crippen LogP contribution in [-0.2, 0) is 4.74 Å². The molecule has 3 aromatic heterocycles. The van der Waals surface area contributed by atoms with Crippen molar-refractivity contribution in [1.29, 1.82) is 0 Å². The first-order chi connectivity index (χ1) is 16.5. The molecule has 1 aliphatic rings. The number of hydrogen-bond acceptors (Lipinski definition) is 8. The number of aromatic nitrogens is 3. The van der Waals surface area contributed by atoms with Gasteiger partial charge in [0.05, 0.1) is 23.8 Å². The van der Waals surface area contributed by atoms with E-state index < -0.39 is 0 Å². The van der Waals surface area contributed by atoms with Gasteiger partial charge in [0, 0.05) is 36.2 Å². The summed E-state index contributed by atoms with van der Waals surface area (Å²) in [5.74, 6) is 0.889. The fraction of sp³-hybridized carbons (Fsp3) is 0.318. The van der Waals surface area contributed by atoms with Crippen molar-refractivity contribution in [3.63, 3.8) is 0 Å². The third-order valence-electron chi connectivity index (χ3n) is 5.65. The summed E-state index contributed by atoms with van der Waals surface area (Å²) in [6.45, 7) is 4.22. The van der Waals surface area contributed by atoms with Crippen LogP contribution in [0.1, 0.15) is 23.4 Å². The quantitative estimate of drug-likeness (QED) is 0.397. The van der Waals surface area contributed by atoms with E-state index in [1.807, 2.05) is 6.07 Å². The van der Waals surface area contributed by atoms with Crippen LogP contribution in [0.25, 0.3) is 16.5 Å². The van der Waals surface area contributed by atoms with Crippen LogP contribution < -0.4 is 0 Å². The molecule has 1 atom stereocenters. The van der Waals surface area contributed by atoms with Crippen LogP contribution in [-0.4, -0.2) is 68.4 Å². The van der Waals surface area contributed by atoms with Crippen LogP contribution in [0.4, 0.5) is 4.79 Å². The van der Waals surface area contributed by atoms with Gasteiger partial charge in [-0.25, -0.2) is 4.79 Å². The minimum Gasteiger partial charge on any atom is -0.492 e. The van der Waals surface area contributed by atoms with Gasteiger partial charge < -0.3 is 19.2 Å². The first-order valence-electron chi connectivity index (χ1n) is 10.7. The van der Waals surface area contributed by atoms with E-state index in [1.54, 1.807) is 42.4 Å². The highest BCUT2D eigenvalue weighted by molar-refractivity contribution is 7.17. The number of fused-ring (bicyclic) bond motifs is 1. The lowest BCUT2D eigenvalue weighted by molar-refractivity contribution is 0.0715. The Kier molecular flexibility index (Phi) is 6.39. The first-order valence-corrected chi connectivity index (χ1v) is 12.3. The first kappa shape index (κ1) is 23.0. The van der Waals surface area contributed by atoms with Crippen LogP contribution in [0.2, 0.25) is 10.0 Å². The van der Waals surface area contributed by atoms with Crippen molar-refractivity contribution in [3.05, 3.63) is 57.1 Å². The van der Waals surface area contributed by atoms with Gasteiger partial charge in [0.1, 0.15) is 0 Å². The number of nitrogens with zero attached hydrogens (tertiary/aromatic N) is 5. The van der Waals surface area contributed by atoms with Gasteiger partial charge in [-0.3, -0.25) is 4.90 Å². The molecule has 34 heavy (non-hydrogen) atoms. The average molecular weight is 522 g/mol. The molecule has 0 saturated carbocycles. The molecule has 178 valence electrons. The molecule has 0 spiro atoms. The summed E-state index contributed by atoms with van der Waals surface area (Å²) >= 11 is 14.1. The van der Waals surface area contributed by atoms with Gasteiger partial charge >= 0.3 is 6.09 Å². The molecular formula is C22H21Cl2N5O4S. The van der Waals surface area contributed by atoms with Crippen molar-refractivity contribution in [2.24, 2.45) is 0 Å². The molecule has 4 aromatic rings. The number of benzene rings is 1. The summed E-state index contributed by atoms with van der Waals surface area (Å²) in [5, 5.41) is 16.6. The van der Waals surface area contributed by atoms with Crippen molar-refractivity contribution in [2.45, 2.75) is 13.0 Å². The summed E-state index contributed by atoms with van der Waals surface area (Å²) in [4.78, 5) is 21.7. The number of carbonyl (C=O) groups is 1. The van der Waals surface area contributed by atoms with E-state index in [4.69, 9.17) is 32.4 Å². The summed E-state index contributed by atoms with van der Waals surface area (Å²) < 4.78 is 11.9. The lowest BCUT2D eigenvalue weighted by atomic mass is 10.0. The second kappa shape index (κ2) is 9.46.